The molecular weight excluding hydrogens is 224 g/mol. The van der Waals surface area contributed by atoms with E-state index in [2.05, 4.69) is 16.6 Å². The first kappa shape index (κ1) is 12.6. The average Bonchev–Trinajstić information content (AvgIpc) is 2.35. The molecule has 0 fully saturated rings. The first-order chi connectivity index (χ1) is 8.08. The van der Waals surface area contributed by atoms with Gasteiger partial charge in [0, 0.05) is 11.5 Å². The molecule has 0 aromatic heterocycles. The molecule has 0 atom stereocenters. The van der Waals surface area contributed by atoms with Crippen LogP contribution in [0.3, 0.4) is 0 Å². The molecule has 1 N–H and O–H groups in total. The van der Waals surface area contributed by atoms with Crippen LogP contribution >= 0.6 is 0 Å². The monoisotopic (exact) mass is 234 g/mol. The van der Waals surface area contributed by atoms with Crippen LogP contribution in [0.4, 0.5) is 0 Å². The Labute approximate surface area is 98.0 Å². The number of ether oxygens (including phenoxy) is 2. The third-order valence-corrected chi connectivity index (χ3v) is 1.92. The van der Waals surface area contributed by atoms with Gasteiger partial charge in [0.1, 0.15) is 11.3 Å². The standard InChI is InChI=1S/C12H10O5/c1-16-10-5-3-8(4-6-11(13)17-2)7-9(10)12(14)15/h3,5,7H,1-2H3,(H,14,15). The van der Waals surface area contributed by atoms with Crippen molar-refractivity contribution in [3.8, 4) is 17.6 Å². The Bertz CT molecular complexity index is 507. The van der Waals surface area contributed by atoms with Gasteiger partial charge in [0.2, 0.25) is 0 Å². The topological polar surface area (TPSA) is 72.8 Å². The van der Waals surface area contributed by atoms with Crippen molar-refractivity contribution < 1.29 is 24.2 Å². The van der Waals surface area contributed by atoms with Gasteiger partial charge in [-0.05, 0) is 18.2 Å². The lowest BCUT2D eigenvalue weighted by Gasteiger charge is -2.04. The van der Waals surface area contributed by atoms with Crippen molar-refractivity contribution in [2.75, 3.05) is 14.2 Å². The molecule has 0 saturated heterocycles. The molecule has 0 radical (unpaired) electrons. The maximum atomic E-state index is 10.9. The number of rotatable bonds is 2. The molecule has 5 nitrogen and oxygen atoms in total. The molecule has 0 aliphatic rings. The SMILES string of the molecule is COC(=O)C#Cc1ccc(OC)c(C(=O)O)c1. The Hall–Kier alpha value is -2.48. The van der Waals surface area contributed by atoms with Crippen LogP contribution in [-0.4, -0.2) is 31.3 Å². The quantitative estimate of drug-likeness (QED) is 0.608. The molecule has 17 heavy (non-hydrogen) atoms. The van der Waals surface area contributed by atoms with Gasteiger partial charge in [-0.15, -0.1) is 0 Å². The van der Waals surface area contributed by atoms with Crippen molar-refractivity contribution in [3.05, 3.63) is 29.3 Å². The minimum atomic E-state index is -1.12. The summed E-state index contributed by atoms with van der Waals surface area (Å²) in [5, 5.41) is 8.92. The first-order valence-corrected chi connectivity index (χ1v) is 4.59. The van der Waals surface area contributed by atoms with E-state index in [1.165, 1.54) is 26.4 Å². The van der Waals surface area contributed by atoms with E-state index < -0.39 is 11.9 Å². The molecule has 0 aliphatic heterocycles. The van der Waals surface area contributed by atoms with Gasteiger partial charge in [0.05, 0.1) is 14.2 Å². The fourth-order valence-corrected chi connectivity index (χ4v) is 1.13. The molecular formula is C12H10O5. The molecule has 1 aromatic carbocycles. The zero-order chi connectivity index (χ0) is 12.8. The van der Waals surface area contributed by atoms with E-state index >= 15 is 0 Å². The van der Waals surface area contributed by atoms with Crippen LogP contribution in [0.1, 0.15) is 15.9 Å². The molecule has 88 valence electrons. The summed E-state index contributed by atoms with van der Waals surface area (Å²) >= 11 is 0. The second-order valence-corrected chi connectivity index (χ2v) is 2.96. The van der Waals surface area contributed by atoms with Crippen LogP contribution in [0.25, 0.3) is 0 Å². The van der Waals surface area contributed by atoms with E-state index in [0.717, 1.165) is 0 Å². The number of carboxylic acid groups (broad SMARTS) is 1. The number of carboxylic acids is 1. The highest BCUT2D eigenvalue weighted by Gasteiger charge is 2.10. The lowest BCUT2D eigenvalue weighted by atomic mass is 10.1. The Kier molecular flexibility index (Phi) is 4.12. The van der Waals surface area contributed by atoms with Gasteiger partial charge in [-0.3, -0.25) is 0 Å². The summed E-state index contributed by atoms with van der Waals surface area (Å²) < 4.78 is 9.23. The van der Waals surface area contributed by atoms with Crippen LogP contribution in [0.5, 0.6) is 5.75 Å². The third-order valence-electron chi connectivity index (χ3n) is 1.92. The van der Waals surface area contributed by atoms with E-state index in [0.29, 0.717) is 5.56 Å². The van der Waals surface area contributed by atoms with Crippen molar-refractivity contribution in [2.24, 2.45) is 0 Å². The summed E-state index contributed by atoms with van der Waals surface area (Å²) in [6.07, 6.45) is 0. The highest BCUT2D eigenvalue weighted by molar-refractivity contribution is 5.92. The second-order valence-electron chi connectivity index (χ2n) is 2.96. The van der Waals surface area contributed by atoms with Crippen LogP contribution in [0.15, 0.2) is 18.2 Å². The number of carbonyl (C=O) groups excluding carboxylic acids is 1. The summed E-state index contributed by atoms with van der Waals surface area (Å²) in [4.78, 5) is 21.7. The zero-order valence-corrected chi connectivity index (χ0v) is 9.31. The lowest BCUT2D eigenvalue weighted by molar-refractivity contribution is -0.133. The molecule has 1 rings (SSSR count). The minimum absolute atomic E-state index is 0.0100. The lowest BCUT2D eigenvalue weighted by Crippen LogP contribution is -2.01. The maximum Gasteiger partial charge on any atom is 0.384 e. The normalized spacial score (nSPS) is 8.82. The Morgan fingerprint density at radius 3 is 2.53 bits per heavy atom. The highest BCUT2D eigenvalue weighted by Crippen LogP contribution is 2.19. The fraction of sp³-hybridized carbons (Fsp3) is 0.167. The Morgan fingerprint density at radius 2 is 2.00 bits per heavy atom. The van der Waals surface area contributed by atoms with Crippen LogP contribution in [-0.2, 0) is 9.53 Å². The van der Waals surface area contributed by atoms with Gasteiger partial charge in [-0.2, -0.15) is 0 Å². The molecule has 0 aliphatic carbocycles. The van der Waals surface area contributed by atoms with Crippen molar-refractivity contribution in [1.82, 2.24) is 0 Å². The predicted octanol–water partition coefficient (Wildman–Crippen LogP) is 0.918. The Balaban J connectivity index is 3.11. The number of hydrogen-bond acceptors (Lipinski definition) is 4. The number of aromatic carboxylic acids is 1. The van der Waals surface area contributed by atoms with Crippen molar-refractivity contribution in [3.63, 3.8) is 0 Å². The van der Waals surface area contributed by atoms with E-state index in [1.807, 2.05) is 0 Å². The molecule has 0 spiro atoms. The average molecular weight is 234 g/mol. The molecule has 0 heterocycles. The van der Waals surface area contributed by atoms with Crippen molar-refractivity contribution in [1.29, 1.82) is 0 Å². The second kappa shape index (κ2) is 5.56. The predicted molar refractivity (Wildman–Crippen MR) is 58.8 cm³/mol. The summed E-state index contributed by atoms with van der Waals surface area (Å²) in [5.41, 5.74) is 0.387. The zero-order valence-electron chi connectivity index (χ0n) is 9.31. The van der Waals surface area contributed by atoms with Gasteiger partial charge in [-0.1, -0.05) is 5.92 Å². The van der Waals surface area contributed by atoms with Gasteiger partial charge in [0.15, 0.2) is 0 Å². The highest BCUT2D eigenvalue weighted by atomic mass is 16.5. The van der Waals surface area contributed by atoms with E-state index in [-0.39, 0.29) is 11.3 Å². The van der Waals surface area contributed by atoms with Crippen LogP contribution < -0.4 is 4.74 Å². The van der Waals surface area contributed by atoms with Gasteiger partial charge in [0.25, 0.3) is 0 Å². The summed E-state index contributed by atoms with van der Waals surface area (Å²) in [6.45, 7) is 0. The molecule has 0 bridgehead atoms. The van der Waals surface area contributed by atoms with E-state index in [9.17, 15) is 9.59 Å². The maximum absolute atomic E-state index is 10.9. The molecule has 5 heteroatoms. The van der Waals surface area contributed by atoms with E-state index in [4.69, 9.17) is 9.84 Å². The van der Waals surface area contributed by atoms with Gasteiger partial charge >= 0.3 is 11.9 Å². The number of hydrogen-bond donors (Lipinski definition) is 1. The van der Waals surface area contributed by atoms with Gasteiger partial charge < -0.3 is 14.6 Å². The van der Waals surface area contributed by atoms with Crippen LogP contribution in [0.2, 0.25) is 0 Å². The smallest absolute Gasteiger partial charge is 0.384 e. The summed E-state index contributed by atoms with van der Waals surface area (Å²) in [6, 6.07) is 4.36. The summed E-state index contributed by atoms with van der Waals surface area (Å²) in [5.74, 6) is 3.14. The number of carbonyl (C=O) groups is 2. The molecule has 0 saturated carbocycles. The largest absolute Gasteiger partial charge is 0.496 e. The number of esters is 1. The summed E-state index contributed by atoms with van der Waals surface area (Å²) in [7, 11) is 2.59. The van der Waals surface area contributed by atoms with Crippen LogP contribution in [0, 0.1) is 11.8 Å². The van der Waals surface area contributed by atoms with Crippen molar-refractivity contribution >= 4 is 11.9 Å². The minimum Gasteiger partial charge on any atom is -0.496 e. The first-order valence-electron chi connectivity index (χ1n) is 4.59. The number of benzene rings is 1. The fourth-order valence-electron chi connectivity index (χ4n) is 1.13. The number of methoxy groups -OCH3 is 2. The molecule has 0 amide bonds. The van der Waals surface area contributed by atoms with Gasteiger partial charge in [-0.25, -0.2) is 9.59 Å². The Morgan fingerprint density at radius 1 is 1.29 bits per heavy atom. The molecule has 1 aromatic rings. The third kappa shape index (κ3) is 3.24. The van der Waals surface area contributed by atoms with Crippen molar-refractivity contribution in [2.45, 2.75) is 0 Å². The van der Waals surface area contributed by atoms with E-state index in [1.54, 1.807) is 6.07 Å². The molecule has 0 unspecified atom stereocenters.